The fourth-order valence-corrected chi connectivity index (χ4v) is 3.01. The van der Waals surface area contributed by atoms with Crippen LogP contribution >= 0.6 is 0 Å². The van der Waals surface area contributed by atoms with E-state index in [2.05, 4.69) is 30.1 Å². The van der Waals surface area contributed by atoms with Crippen LogP contribution in [-0.4, -0.2) is 31.4 Å². The third-order valence-electron chi connectivity index (χ3n) is 4.64. The number of anilines is 1. The highest BCUT2D eigenvalue weighted by molar-refractivity contribution is 5.88. The summed E-state index contributed by atoms with van der Waals surface area (Å²) in [5.41, 5.74) is 1.64. The summed E-state index contributed by atoms with van der Waals surface area (Å²) < 4.78 is 25.1. The Hall–Kier alpha value is -1.71. The zero-order valence-electron chi connectivity index (χ0n) is 13.0. The van der Waals surface area contributed by atoms with Crippen molar-refractivity contribution < 1.29 is 8.78 Å². The molecule has 1 aromatic heterocycles. The molecule has 1 aliphatic rings. The number of hydrogen-bond acceptors (Lipinski definition) is 2. The van der Waals surface area contributed by atoms with Gasteiger partial charge in [-0.15, -0.1) is 0 Å². The second-order valence-corrected chi connectivity index (χ2v) is 6.35. The van der Waals surface area contributed by atoms with Crippen LogP contribution in [0.4, 0.5) is 14.6 Å². The van der Waals surface area contributed by atoms with Crippen LogP contribution in [-0.2, 0) is 5.41 Å². The number of halogens is 2. The predicted octanol–water partition coefficient (Wildman–Crippen LogP) is 4.42. The van der Waals surface area contributed by atoms with E-state index < -0.39 is 13.3 Å². The summed E-state index contributed by atoms with van der Waals surface area (Å²) >= 11 is 0. The molecule has 0 spiro atoms. The molecule has 22 heavy (non-hydrogen) atoms. The highest BCUT2D eigenvalue weighted by Crippen LogP contribution is 2.49. The summed E-state index contributed by atoms with van der Waals surface area (Å²) in [6.07, 6.45) is 4.73. The fraction of sp³-hybridized carbons (Fsp3) is 0.500. The number of benzene rings is 1. The molecule has 4 heteroatoms. The molecule has 1 heterocycles. The lowest BCUT2D eigenvalue weighted by Gasteiger charge is -2.22. The first-order chi connectivity index (χ1) is 10.7. The minimum atomic E-state index is -0.454. The fourth-order valence-electron chi connectivity index (χ4n) is 3.01. The Morgan fingerprint density at radius 1 is 1.18 bits per heavy atom. The van der Waals surface area contributed by atoms with E-state index in [-0.39, 0.29) is 12.0 Å². The first kappa shape index (κ1) is 15.2. The van der Waals surface area contributed by atoms with Crippen molar-refractivity contribution in [2.45, 2.75) is 31.6 Å². The molecule has 3 rings (SSSR count). The van der Waals surface area contributed by atoms with E-state index in [0.29, 0.717) is 13.0 Å². The van der Waals surface area contributed by atoms with Crippen LogP contribution in [0.25, 0.3) is 10.8 Å². The van der Waals surface area contributed by atoms with E-state index in [1.807, 2.05) is 17.2 Å². The van der Waals surface area contributed by atoms with Crippen molar-refractivity contribution in [2.24, 2.45) is 0 Å². The van der Waals surface area contributed by atoms with Gasteiger partial charge in [0, 0.05) is 24.7 Å². The van der Waals surface area contributed by atoms with E-state index in [4.69, 9.17) is 0 Å². The van der Waals surface area contributed by atoms with E-state index in [9.17, 15) is 8.78 Å². The number of aromatic nitrogens is 1. The average Bonchev–Trinajstić information content (AvgIpc) is 3.29. The van der Waals surface area contributed by atoms with Crippen molar-refractivity contribution in [2.75, 3.05) is 31.3 Å². The molecule has 0 N–H and O–H groups in total. The molecule has 1 aliphatic carbocycles. The normalized spacial score (nSPS) is 16.0. The number of rotatable bonds is 7. The van der Waals surface area contributed by atoms with Gasteiger partial charge in [-0.05, 0) is 41.7 Å². The molecule has 0 aliphatic heterocycles. The first-order valence-corrected chi connectivity index (χ1v) is 7.94. The summed E-state index contributed by atoms with van der Waals surface area (Å²) in [7, 11) is 0. The molecule has 0 atom stereocenters. The van der Waals surface area contributed by atoms with Crippen molar-refractivity contribution in [3.63, 3.8) is 0 Å². The van der Waals surface area contributed by atoms with Gasteiger partial charge in [0.2, 0.25) is 0 Å². The Bertz CT molecular complexity index is 653. The van der Waals surface area contributed by atoms with Crippen molar-refractivity contribution >= 4 is 16.6 Å². The minimum absolute atomic E-state index is 0.260. The number of nitrogens with zero attached hydrogens (tertiary/aromatic N) is 2. The average molecular weight is 304 g/mol. The monoisotopic (exact) mass is 304 g/mol. The predicted molar refractivity (Wildman–Crippen MR) is 87.1 cm³/mol. The van der Waals surface area contributed by atoms with Gasteiger partial charge in [-0.25, -0.2) is 9.37 Å². The van der Waals surface area contributed by atoms with Crippen molar-refractivity contribution in [1.29, 1.82) is 0 Å². The molecule has 0 radical (unpaired) electrons. The summed E-state index contributed by atoms with van der Waals surface area (Å²) in [5, 5.41) is 2.30. The summed E-state index contributed by atoms with van der Waals surface area (Å²) in [5.74, 6) is 0.733. The SMILES string of the molecule is CC1(c2cccc3cc(N(CCF)CCCF)ncc23)CC1. The van der Waals surface area contributed by atoms with E-state index >= 15 is 0 Å². The molecule has 118 valence electrons. The zero-order chi connectivity index (χ0) is 15.6. The maximum atomic E-state index is 12.7. The molecule has 0 bridgehead atoms. The van der Waals surface area contributed by atoms with Crippen LogP contribution in [0, 0.1) is 0 Å². The van der Waals surface area contributed by atoms with E-state index in [1.54, 1.807) is 0 Å². The van der Waals surface area contributed by atoms with Gasteiger partial charge in [-0.2, -0.15) is 0 Å². The summed E-state index contributed by atoms with van der Waals surface area (Å²) in [4.78, 5) is 6.34. The molecule has 1 fully saturated rings. The van der Waals surface area contributed by atoms with Crippen molar-refractivity contribution in [3.8, 4) is 0 Å². The van der Waals surface area contributed by atoms with Gasteiger partial charge >= 0.3 is 0 Å². The lowest BCUT2D eigenvalue weighted by atomic mass is 9.93. The maximum absolute atomic E-state index is 12.7. The van der Waals surface area contributed by atoms with Crippen LogP contribution in [0.15, 0.2) is 30.5 Å². The molecule has 1 aromatic carbocycles. The second kappa shape index (κ2) is 6.19. The Morgan fingerprint density at radius 3 is 2.68 bits per heavy atom. The third kappa shape index (κ3) is 2.92. The molecule has 0 saturated heterocycles. The van der Waals surface area contributed by atoms with Gasteiger partial charge in [0.05, 0.1) is 6.67 Å². The topological polar surface area (TPSA) is 16.1 Å². The smallest absolute Gasteiger partial charge is 0.129 e. The highest BCUT2D eigenvalue weighted by Gasteiger charge is 2.40. The van der Waals surface area contributed by atoms with Gasteiger partial charge in [0.1, 0.15) is 12.5 Å². The summed E-state index contributed by atoms with van der Waals surface area (Å²) in [6.45, 7) is 2.20. The van der Waals surface area contributed by atoms with Crippen molar-refractivity contribution in [1.82, 2.24) is 4.98 Å². The Morgan fingerprint density at radius 2 is 2.00 bits per heavy atom. The molecular weight excluding hydrogens is 282 g/mol. The lowest BCUT2D eigenvalue weighted by molar-refractivity contribution is 0.454. The maximum Gasteiger partial charge on any atom is 0.129 e. The van der Waals surface area contributed by atoms with Crippen molar-refractivity contribution in [3.05, 3.63) is 36.0 Å². The van der Waals surface area contributed by atoms with Gasteiger partial charge in [0.25, 0.3) is 0 Å². The molecular formula is C18H22F2N2. The lowest BCUT2D eigenvalue weighted by Crippen LogP contribution is -2.28. The molecule has 2 nitrogen and oxygen atoms in total. The van der Waals surface area contributed by atoms with Crippen LogP contribution in [0.2, 0.25) is 0 Å². The molecule has 1 saturated carbocycles. The molecule has 0 unspecified atom stereocenters. The Kier molecular flexibility index (Phi) is 4.27. The van der Waals surface area contributed by atoms with Crippen LogP contribution < -0.4 is 4.90 Å². The quantitative estimate of drug-likeness (QED) is 0.752. The number of alkyl halides is 2. The number of pyridine rings is 1. The molecule has 0 amide bonds. The van der Waals surface area contributed by atoms with Crippen LogP contribution in [0.5, 0.6) is 0 Å². The third-order valence-corrected chi connectivity index (χ3v) is 4.64. The molecule has 2 aromatic rings. The minimum Gasteiger partial charge on any atom is -0.354 e. The van der Waals surface area contributed by atoms with Gasteiger partial charge in [0.15, 0.2) is 0 Å². The van der Waals surface area contributed by atoms with Crippen LogP contribution in [0.3, 0.4) is 0 Å². The largest absolute Gasteiger partial charge is 0.354 e. The van der Waals surface area contributed by atoms with Crippen LogP contribution in [0.1, 0.15) is 31.7 Å². The second-order valence-electron chi connectivity index (χ2n) is 6.35. The zero-order valence-corrected chi connectivity index (χ0v) is 13.0. The highest BCUT2D eigenvalue weighted by atomic mass is 19.1. The number of hydrogen-bond donors (Lipinski definition) is 0. The Labute approximate surface area is 130 Å². The van der Waals surface area contributed by atoms with E-state index in [1.165, 1.54) is 23.8 Å². The van der Waals surface area contributed by atoms with Gasteiger partial charge in [-0.3, -0.25) is 4.39 Å². The Balaban J connectivity index is 1.95. The standard InChI is InChI=1S/C18H22F2N2/c1-18(6-7-18)16-5-2-4-14-12-17(21-13-15(14)16)22(11-9-20)10-3-8-19/h2,4-5,12-13H,3,6-11H2,1H3. The number of fused-ring (bicyclic) bond motifs is 1. The summed E-state index contributed by atoms with van der Waals surface area (Å²) in [6, 6.07) is 8.32. The van der Waals surface area contributed by atoms with Gasteiger partial charge < -0.3 is 4.90 Å². The first-order valence-electron chi connectivity index (χ1n) is 7.94. The van der Waals surface area contributed by atoms with Gasteiger partial charge in [-0.1, -0.05) is 25.1 Å². The van der Waals surface area contributed by atoms with E-state index in [0.717, 1.165) is 11.2 Å².